The molecule has 0 aliphatic heterocycles. The SMILES string of the molecule is COc1cc(OC)c(C(F)F)c(C(=O)O)n1. The van der Waals surface area contributed by atoms with Crippen molar-refractivity contribution in [1.29, 1.82) is 0 Å². The highest BCUT2D eigenvalue weighted by molar-refractivity contribution is 5.88. The quantitative estimate of drug-likeness (QED) is 0.857. The summed E-state index contributed by atoms with van der Waals surface area (Å²) in [6.07, 6.45) is -2.99. The molecule has 1 N–H and O–H groups in total. The van der Waals surface area contributed by atoms with E-state index < -0.39 is 23.7 Å². The van der Waals surface area contributed by atoms with Crippen LogP contribution in [0.25, 0.3) is 0 Å². The van der Waals surface area contributed by atoms with Crippen molar-refractivity contribution in [3.63, 3.8) is 0 Å². The van der Waals surface area contributed by atoms with E-state index in [-0.39, 0.29) is 11.6 Å². The fraction of sp³-hybridized carbons (Fsp3) is 0.333. The zero-order valence-electron chi connectivity index (χ0n) is 8.53. The second-order valence-electron chi connectivity index (χ2n) is 2.74. The summed E-state index contributed by atoms with van der Waals surface area (Å²) < 4.78 is 34.7. The largest absolute Gasteiger partial charge is 0.496 e. The minimum absolute atomic E-state index is 0.0985. The molecule has 0 bridgehead atoms. The first kappa shape index (κ1) is 12.2. The minimum Gasteiger partial charge on any atom is -0.496 e. The molecular formula is C9H9F2NO4. The summed E-state index contributed by atoms with van der Waals surface area (Å²) >= 11 is 0. The van der Waals surface area contributed by atoms with Crippen molar-refractivity contribution in [3.8, 4) is 11.6 Å². The molecule has 0 saturated carbocycles. The first-order valence-corrected chi connectivity index (χ1v) is 4.15. The smallest absolute Gasteiger partial charge is 0.355 e. The van der Waals surface area contributed by atoms with Crippen molar-refractivity contribution in [1.82, 2.24) is 4.98 Å². The molecule has 88 valence electrons. The molecule has 0 unspecified atom stereocenters. The summed E-state index contributed by atoms with van der Waals surface area (Å²) in [4.78, 5) is 14.2. The summed E-state index contributed by atoms with van der Waals surface area (Å²) in [6.45, 7) is 0. The molecule has 0 aromatic carbocycles. The Morgan fingerprint density at radius 2 is 2.06 bits per heavy atom. The van der Waals surface area contributed by atoms with Gasteiger partial charge < -0.3 is 14.6 Å². The van der Waals surface area contributed by atoms with Gasteiger partial charge in [0.05, 0.1) is 19.8 Å². The second kappa shape index (κ2) is 4.73. The van der Waals surface area contributed by atoms with E-state index in [9.17, 15) is 13.6 Å². The first-order chi connectivity index (χ1) is 7.51. The molecule has 0 amide bonds. The number of alkyl halides is 2. The van der Waals surface area contributed by atoms with Crippen LogP contribution in [-0.4, -0.2) is 30.3 Å². The van der Waals surface area contributed by atoms with Gasteiger partial charge in [0.25, 0.3) is 6.43 Å². The van der Waals surface area contributed by atoms with Crippen LogP contribution in [0.5, 0.6) is 11.6 Å². The Balaban J connectivity index is 3.47. The van der Waals surface area contributed by atoms with Crippen LogP contribution >= 0.6 is 0 Å². The third-order valence-electron chi connectivity index (χ3n) is 1.85. The predicted molar refractivity (Wildman–Crippen MR) is 49.3 cm³/mol. The highest BCUT2D eigenvalue weighted by Crippen LogP contribution is 2.33. The van der Waals surface area contributed by atoms with Crippen LogP contribution in [0.2, 0.25) is 0 Å². The van der Waals surface area contributed by atoms with Gasteiger partial charge in [-0.1, -0.05) is 0 Å². The van der Waals surface area contributed by atoms with E-state index in [1.165, 1.54) is 7.11 Å². The van der Waals surface area contributed by atoms with Gasteiger partial charge >= 0.3 is 5.97 Å². The number of aromatic carboxylic acids is 1. The number of nitrogens with zero attached hydrogens (tertiary/aromatic N) is 1. The zero-order valence-corrected chi connectivity index (χ0v) is 8.53. The summed E-state index contributed by atoms with van der Waals surface area (Å²) in [5, 5.41) is 8.75. The maximum atomic E-state index is 12.6. The van der Waals surface area contributed by atoms with Crippen LogP contribution in [-0.2, 0) is 0 Å². The van der Waals surface area contributed by atoms with Crippen molar-refractivity contribution < 1.29 is 28.2 Å². The Bertz CT molecular complexity index is 409. The fourth-order valence-electron chi connectivity index (χ4n) is 1.16. The number of halogens is 2. The molecule has 16 heavy (non-hydrogen) atoms. The summed E-state index contributed by atoms with van der Waals surface area (Å²) in [5.41, 5.74) is -1.53. The number of carboxylic acids is 1. The highest BCUT2D eigenvalue weighted by atomic mass is 19.3. The number of carboxylic acid groups (broad SMARTS) is 1. The van der Waals surface area contributed by atoms with Gasteiger partial charge in [0.1, 0.15) is 5.75 Å². The Labute approximate surface area is 89.6 Å². The van der Waals surface area contributed by atoms with Gasteiger partial charge in [-0.15, -0.1) is 0 Å². The van der Waals surface area contributed by atoms with Gasteiger partial charge in [0.2, 0.25) is 5.88 Å². The van der Waals surface area contributed by atoms with E-state index in [1.54, 1.807) is 0 Å². The third kappa shape index (κ3) is 2.18. The molecule has 0 radical (unpaired) electrons. The molecule has 1 rings (SSSR count). The monoisotopic (exact) mass is 233 g/mol. The van der Waals surface area contributed by atoms with Gasteiger partial charge in [0.15, 0.2) is 5.69 Å². The number of hydrogen-bond acceptors (Lipinski definition) is 4. The van der Waals surface area contributed by atoms with Crippen LogP contribution in [0.1, 0.15) is 22.5 Å². The number of ether oxygens (including phenoxy) is 2. The molecule has 1 heterocycles. The maximum absolute atomic E-state index is 12.6. The highest BCUT2D eigenvalue weighted by Gasteiger charge is 2.25. The average Bonchev–Trinajstić information content (AvgIpc) is 2.26. The average molecular weight is 233 g/mol. The number of methoxy groups -OCH3 is 2. The molecule has 7 heteroatoms. The van der Waals surface area contributed by atoms with Crippen LogP contribution in [0.15, 0.2) is 6.07 Å². The predicted octanol–water partition coefficient (Wildman–Crippen LogP) is 1.73. The zero-order chi connectivity index (χ0) is 12.3. The van der Waals surface area contributed by atoms with Gasteiger partial charge in [-0.05, 0) is 0 Å². The van der Waals surface area contributed by atoms with Crippen molar-refractivity contribution in [2.75, 3.05) is 14.2 Å². The van der Waals surface area contributed by atoms with Gasteiger partial charge in [-0.25, -0.2) is 18.6 Å². The van der Waals surface area contributed by atoms with E-state index in [2.05, 4.69) is 14.5 Å². The van der Waals surface area contributed by atoms with Crippen molar-refractivity contribution in [2.45, 2.75) is 6.43 Å². The van der Waals surface area contributed by atoms with Gasteiger partial charge in [-0.2, -0.15) is 0 Å². The van der Waals surface area contributed by atoms with E-state index >= 15 is 0 Å². The van der Waals surface area contributed by atoms with E-state index in [0.29, 0.717) is 0 Å². The summed E-state index contributed by atoms with van der Waals surface area (Å²) in [7, 11) is 2.40. The van der Waals surface area contributed by atoms with Gasteiger partial charge in [-0.3, -0.25) is 0 Å². The second-order valence-corrected chi connectivity index (χ2v) is 2.74. The lowest BCUT2D eigenvalue weighted by molar-refractivity contribution is 0.0674. The number of hydrogen-bond donors (Lipinski definition) is 1. The third-order valence-corrected chi connectivity index (χ3v) is 1.85. The van der Waals surface area contributed by atoms with Crippen molar-refractivity contribution >= 4 is 5.97 Å². The Morgan fingerprint density at radius 1 is 1.44 bits per heavy atom. The Hall–Kier alpha value is -1.92. The minimum atomic E-state index is -2.99. The lowest BCUT2D eigenvalue weighted by atomic mass is 10.1. The maximum Gasteiger partial charge on any atom is 0.355 e. The molecule has 0 saturated heterocycles. The Kier molecular flexibility index (Phi) is 3.60. The van der Waals surface area contributed by atoms with E-state index in [4.69, 9.17) is 5.11 Å². The molecule has 1 aromatic rings. The molecular weight excluding hydrogens is 224 g/mol. The normalized spacial score (nSPS) is 10.3. The molecule has 0 aliphatic carbocycles. The number of carbonyl (C=O) groups is 1. The number of aromatic nitrogens is 1. The molecule has 5 nitrogen and oxygen atoms in total. The summed E-state index contributed by atoms with van der Waals surface area (Å²) in [6, 6.07) is 1.11. The Morgan fingerprint density at radius 3 is 2.44 bits per heavy atom. The first-order valence-electron chi connectivity index (χ1n) is 4.15. The summed E-state index contributed by atoms with van der Waals surface area (Å²) in [5.74, 6) is -1.93. The lowest BCUT2D eigenvalue weighted by Crippen LogP contribution is -2.09. The van der Waals surface area contributed by atoms with Gasteiger partial charge in [0, 0.05) is 6.07 Å². The van der Waals surface area contributed by atoms with Crippen LogP contribution in [0.4, 0.5) is 8.78 Å². The molecule has 0 spiro atoms. The van der Waals surface area contributed by atoms with Crippen LogP contribution in [0.3, 0.4) is 0 Å². The topological polar surface area (TPSA) is 68.7 Å². The van der Waals surface area contributed by atoms with Crippen LogP contribution < -0.4 is 9.47 Å². The van der Waals surface area contributed by atoms with Crippen LogP contribution in [0, 0.1) is 0 Å². The molecule has 1 aromatic heterocycles. The number of rotatable bonds is 4. The molecule has 0 aliphatic rings. The fourth-order valence-corrected chi connectivity index (χ4v) is 1.16. The lowest BCUT2D eigenvalue weighted by Gasteiger charge is -2.11. The molecule has 0 fully saturated rings. The van der Waals surface area contributed by atoms with Crippen molar-refractivity contribution in [3.05, 3.63) is 17.3 Å². The molecule has 0 atom stereocenters. The van der Waals surface area contributed by atoms with E-state index in [0.717, 1.165) is 13.2 Å². The van der Waals surface area contributed by atoms with Crippen molar-refractivity contribution in [2.24, 2.45) is 0 Å². The standard InChI is InChI=1S/C9H9F2NO4/c1-15-4-3-5(16-2)12-7(9(13)14)6(4)8(10)11/h3,8H,1-2H3,(H,13,14). The van der Waals surface area contributed by atoms with E-state index in [1.807, 2.05) is 0 Å². The number of pyridine rings is 1.